The summed E-state index contributed by atoms with van der Waals surface area (Å²) < 4.78 is 35.4. The normalized spacial score (nSPS) is 19.5. The van der Waals surface area contributed by atoms with Crippen molar-refractivity contribution in [3.05, 3.63) is 64.2 Å². The van der Waals surface area contributed by atoms with Crippen LogP contribution < -0.4 is 9.64 Å². The highest BCUT2D eigenvalue weighted by Gasteiger charge is 2.54. The summed E-state index contributed by atoms with van der Waals surface area (Å²) in [5.41, 5.74) is 2.49. The van der Waals surface area contributed by atoms with Crippen LogP contribution in [0.4, 0.5) is 14.5 Å². The van der Waals surface area contributed by atoms with E-state index >= 15 is 0 Å². The molecule has 10 heteroatoms. The van der Waals surface area contributed by atoms with E-state index in [4.69, 9.17) is 16.3 Å². The van der Waals surface area contributed by atoms with Crippen molar-refractivity contribution in [2.45, 2.75) is 44.8 Å². The number of nitrogens with zero attached hydrogens (tertiary/aromatic N) is 6. The fourth-order valence-corrected chi connectivity index (χ4v) is 6.14. The Hall–Kier alpha value is -3.22. The Morgan fingerprint density at radius 3 is 2.61 bits per heavy atom. The molecule has 0 bridgehead atoms. The molecular formula is C26H25ClF2N6O. The van der Waals surface area contributed by atoms with Gasteiger partial charge in [0.05, 0.1) is 37.1 Å². The number of rotatable bonds is 4. The first-order valence-corrected chi connectivity index (χ1v) is 12.3. The number of hydrogen-bond donors (Lipinski definition) is 0. The Morgan fingerprint density at radius 1 is 1.11 bits per heavy atom. The lowest BCUT2D eigenvalue weighted by molar-refractivity contribution is 0.0582. The predicted octanol–water partition coefficient (Wildman–Crippen LogP) is 4.82. The third-order valence-electron chi connectivity index (χ3n) is 7.83. The molecule has 1 aromatic heterocycles. The molecule has 3 heterocycles. The van der Waals surface area contributed by atoms with Gasteiger partial charge in [0, 0.05) is 48.1 Å². The van der Waals surface area contributed by atoms with Crippen LogP contribution in [-0.2, 0) is 13.1 Å². The molecule has 2 aliphatic heterocycles. The van der Waals surface area contributed by atoms with Gasteiger partial charge in [0.1, 0.15) is 11.6 Å². The van der Waals surface area contributed by atoms with Gasteiger partial charge in [0.25, 0.3) is 0 Å². The number of aromatic nitrogens is 3. The minimum absolute atomic E-state index is 0.0449. The molecule has 1 atom stereocenters. The third-order valence-corrected chi connectivity index (χ3v) is 8.06. The average molecular weight is 511 g/mol. The molecule has 1 saturated heterocycles. The molecule has 6 rings (SSSR count). The minimum Gasteiger partial charge on any atom is -0.494 e. The summed E-state index contributed by atoms with van der Waals surface area (Å²) in [6.45, 7) is 4.41. The number of ether oxygens (including phenoxy) is 1. The van der Waals surface area contributed by atoms with E-state index in [1.165, 1.54) is 13.2 Å². The molecule has 1 unspecified atom stereocenters. The largest absolute Gasteiger partial charge is 0.494 e. The van der Waals surface area contributed by atoms with E-state index in [0.717, 1.165) is 41.8 Å². The van der Waals surface area contributed by atoms with E-state index in [1.54, 1.807) is 0 Å². The van der Waals surface area contributed by atoms with Crippen LogP contribution in [0.15, 0.2) is 30.3 Å². The first kappa shape index (κ1) is 23.2. The van der Waals surface area contributed by atoms with Gasteiger partial charge in [-0.3, -0.25) is 9.47 Å². The van der Waals surface area contributed by atoms with Crippen molar-refractivity contribution in [1.82, 2.24) is 19.7 Å². The molecule has 1 spiro atoms. The molecule has 3 aromatic rings. The molecule has 2 fully saturated rings. The molecule has 0 N–H and O–H groups in total. The van der Waals surface area contributed by atoms with Gasteiger partial charge in [-0.1, -0.05) is 11.6 Å². The van der Waals surface area contributed by atoms with Crippen LogP contribution in [0.5, 0.6) is 5.75 Å². The molecule has 0 amide bonds. The number of anilines is 1. The lowest BCUT2D eigenvalue weighted by atomic mass is 9.57. The van der Waals surface area contributed by atoms with Crippen molar-refractivity contribution in [3.63, 3.8) is 0 Å². The Labute approximate surface area is 212 Å². The molecule has 1 saturated carbocycles. The van der Waals surface area contributed by atoms with E-state index in [-0.39, 0.29) is 23.1 Å². The molecular weight excluding hydrogens is 486 g/mol. The van der Waals surface area contributed by atoms with Crippen LogP contribution in [0.3, 0.4) is 0 Å². The van der Waals surface area contributed by atoms with Crippen molar-refractivity contribution in [3.8, 4) is 17.5 Å². The summed E-state index contributed by atoms with van der Waals surface area (Å²) in [4.78, 5) is 4.01. The van der Waals surface area contributed by atoms with Gasteiger partial charge in [-0.05, 0) is 43.5 Å². The summed E-state index contributed by atoms with van der Waals surface area (Å²) in [5.74, 6) is 0.722. The lowest BCUT2D eigenvalue weighted by Crippen LogP contribution is -2.62. The van der Waals surface area contributed by atoms with Gasteiger partial charge >= 0.3 is 0 Å². The van der Waals surface area contributed by atoms with Gasteiger partial charge in [0.2, 0.25) is 0 Å². The Morgan fingerprint density at radius 2 is 1.89 bits per heavy atom. The number of nitriles is 1. The van der Waals surface area contributed by atoms with Gasteiger partial charge < -0.3 is 9.64 Å². The molecule has 2 aromatic carbocycles. The maximum atomic E-state index is 14.4. The average Bonchev–Trinajstić information content (AvgIpc) is 3.12. The summed E-state index contributed by atoms with van der Waals surface area (Å²) in [6, 6.07) is 10.2. The smallest absolute Gasteiger partial charge is 0.168 e. The number of fused-ring (bicyclic) bond motifs is 3. The summed E-state index contributed by atoms with van der Waals surface area (Å²) in [5, 5.41) is 19.3. The van der Waals surface area contributed by atoms with Gasteiger partial charge in [0.15, 0.2) is 17.4 Å². The highest BCUT2D eigenvalue weighted by atomic mass is 35.5. The van der Waals surface area contributed by atoms with Crippen LogP contribution in [-0.4, -0.2) is 45.9 Å². The van der Waals surface area contributed by atoms with Crippen molar-refractivity contribution in [1.29, 1.82) is 5.26 Å². The van der Waals surface area contributed by atoms with E-state index < -0.39 is 11.6 Å². The monoisotopic (exact) mass is 510 g/mol. The zero-order valence-corrected chi connectivity index (χ0v) is 20.8. The van der Waals surface area contributed by atoms with Crippen LogP contribution in [0.2, 0.25) is 5.02 Å². The fraction of sp³-hybridized carbons (Fsp3) is 0.423. The van der Waals surface area contributed by atoms with Crippen molar-refractivity contribution >= 4 is 17.3 Å². The first-order valence-electron chi connectivity index (χ1n) is 12.0. The topological polar surface area (TPSA) is 70.2 Å². The number of methoxy groups -OCH3 is 1. The van der Waals surface area contributed by atoms with Crippen molar-refractivity contribution in [2.24, 2.45) is 5.41 Å². The second-order valence-electron chi connectivity index (χ2n) is 10.2. The molecule has 0 radical (unpaired) electrons. The maximum absolute atomic E-state index is 14.4. The Kier molecular flexibility index (Phi) is 5.43. The van der Waals surface area contributed by atoms with Crippen molar-refractivity contribution in [2.75, 3.05) is 25.1 Å². The second kappa shape index (κ2) is 8.43. The molecule has 186 valence electrons. The molecule has 36 heavy (non-hydrogen) atoms. The van der Waals surface area contributed by atoms with Crippen molar-refractivity contribution < 1.29 is 13.5 Å². The van der Waals surface area contributed by atoms with Crippen LogP contribution >= 0.6 is 11.6 Å². The highest BCUT2D eigenvalue weighted by Crippen LogP contribution is 2.57. The molecule has 1 aliphatic carbocycles. The van der Waals surface area contributed by atoms with Crippen LogP contribution in [0.25, 0.3) is 5.69 Å². The van der Waals surface area contributed by atoms with Crippen LogP contribution in [0, 0.1) is 28.4 Å². The summed E-state index contributed by atoms with van der Waals surface area (Å²) in [7, 11) is 1.38. The fourth-order valence-electron chi connectivity index (χ4n) is 5.95. The zero-order valence-electron chi connectivity index (χ0n) is 20.0. The third kappa shape index (κ3) is 3.62. The Balaban J connectivity index is 1.24. The number of halogens is 3. The lowest BCUT2D eigenvalue weighted by Gasteiger charge is -2.59. The number of hydrogen-bond acceptors (Lipinski definition) is 6. The maximum Gasteiger partial charge on any atom is 0.168 e. The highest BCUT2D eigenvalue weighted by molar-refractivity contribution is 6.30. The van der Waals surface area contributed by atoms with E-state index in [9.17, 15) is 14.0 Å². The number of benzene rings is 2. The summed E-state index contributed by atoms with van der Waals surface area (Å²) >= 11 is 6.32. The quantitative estimate of drug-likeness (QED) is 0.501. The first-order chi connectivity index (χ1) is 17.3. The van der Waals surface area contributed by atoms with E-state index in [1.807, 2.05) is 30.0 Å². The standard InChI is InChI=1S/C26H25ClF2N6O/c1-15(10-30)33-11-16-5-18(27)3-4-21(16)35-24(12-33)31-32-25(35)17-8-26(9-17)13-34(14-26)22-7-23(36-2)20(29)6-19(22)28/h3-7,15,17H,8-9,11-14H2,1-2H3. The SMILES string of the molecule is COc1cc(N2CC3(CC(c4nnc5n4-c4ccc(Cl)cc4CN(C(C)C#N)C5)C3)C2)c(F)cc1F. The van der Waals surface area contributed by atoms with Gasteiger partial charge in [-0.2, -0.15) is 5.26 Å². The van der Waals surface area contributed by atoms with E-state index in [2.05, 4.69) is 25.7 Å². The zero-order chi connectivity index (χ0) is 25.2. The van der Waals surface area contributed by atoms with Gasteiger partial charge in [-0.15, -0.1) is 10.2 Å². The predicted molar refractivity (Wildman–Crippen MR) is 130 cm³/mol. The molecule has 7 nitrogen and oxygen atoms in total. The minimum atomic E-state index is -0.700. The van der Waals surface area contributed by atoms with Gasteiger partial charge in [-0.25, -0.2) is 8.78 Å². The summed E-state index contributed by atoms with van der Waals surface area (Å²) in [6.07, 6.45) is 1.84. The van der Waals surface area contributed by atoms with Crippen LogP contribution in [0.1, 0.15) is 42.9 Å². The molecule has 3 aliphatic rings. The second-order valence-corrected chi connectivity index (χ2v) is 10.6. The Bertz CT molecular complexity index is 1390. The van der Waals surface area contributed by atoms with E-state index in [0.29, 0.717) is 36.9 Å².